The molecule has 1 aromatic carbocycles. The lowest BCUT2D eigenvalue weighted by Gasteiger charge is -2.14. The molecular weight excluding hydrogens is 280 g/mol. The van der Waals surface area contributed by atoms with E-state index in [2.05, 4.69) is 17.6 Å². The van der Waals surface area contributed by atoms with Crippen LogP contribution in [0.3, 0.4) is 0 Å². The van der Waals surface area contributed by atoms with Gasteiger partial charge in [0.1, 0.15) is 0 Å². The molecule has 1 aromatic heterocycles. The third-order valence-electron chi connectivity index (χ3n) is 3.13. The molecule has 0 atom stereocenters. The highest BCUT2D eigenvalue weighted by molar-refractivity contribution is 8.13. The standard InChI is InChI=1S/C16H16N4S/c1-11(5-4-8-17)15-12(10-21-16(18)19)9-20-14-7-3-2-6-13(14)15/h2-3,6-7,9H,1,4-5,10H2,(H3,18,19). The number of benzene rings is 1. The number of nitriles is 1. The summed E-state index contributed by atoms with van der Waals surface area (Å²) in [5.74, 6) is 0.577. The van der Waals surface area contributed by atoms with E-state index in [-0.39, 0.29) is 5.17 Å². The summed E-state index contributed by atoms with van der Waals surface area (Å²) in [6.07, 6.45) is 2.88. The Bertz CT molecular complexity index is 731. The van der Waals surface area contributed by atoms with Gasteiger partial charge in [-0.3, -0.25) is 10.4 Å². The van der Waals surface area contributed by atoms with Crippen LogP contribution in [0.5, 0.6) is 0 Å². The van der Waals surface area contributed by atoms with Crippen LogP contribution in [0.15, 0.2) is 37.0 Å². The number of rotatable bonds is 5. The Morgan fingerprint density at radius 1 is 1.43 bits per heavy atom. The van der Waals surface area contributed by atoms with Crippen LogP contribution in [0.25, 0.3) is 16.5 Å². The zero-order valence-electron chi connectivity index (χ0n) is 11.6. The van der Waals surface area contributed by atoms with E-state index in [0.717, 1.165) is 27.6 Å². The first kappa shape index (κ1) is 15.1. The van der Waals surface area contributed by atoms with Crippen LogP contribution in [-0.2, 0) is 5.75 Å². The Labute approximate surface area is 128 Å². The van der Waals surface area contributed by atoms with Crippen molar-refractivity contribution in [1.29, 1.82) is 10.7 Å². The molecule has 0 bridgehead atoms. The summed E-state index contributed by atoms with van der Waals surface area (Å²) in [4.78, 5) is 4.45. The predicted molar refractivity (Wildman–Crippen MR) is 88.8 cm³/mol. The molecule has 0 radical (unpaired) electrons. The van der Waals surface area contributed by atoms with Crippen LogP contribution in [0, 0.1) is 16.7 Å². The fraction of sp³-hybridized carbons (Fsp3) is 0.188. The van der Waals surface area contributed by atoms with E-state index < -0.39 is 0 Å². The molecule has 2 aromatic rings. The van der Waals surface area contributed by atoms with E-state index in [1.165, 1.54) is 11.8 Å². The highest BCUT2D eigenvalue weighted by Gasteiger charge is 2.12. The molecule has 5 heteroatoms. The topological polar surface area (TPSA) is 86.5 Å². The minimum Gasteiger partial charge on any atom is -0.379 e. The van der Waals surface area contributed by atoms with E-state index in [1.807, 2.05) is 30.5 Å². The molecule has 0 saturated heterocycles. The predicted octanol–water partition coefficient (Wildman–Crippen LogP) is 3.68. The first-order chi connectivity index (χ1) is 10.1. The van der Waals surface area contributed by atoms with Gasteiger partial charge in [-0.2, -0.15) is 5.26 Å². The summed E-state index contributed by atoms with van der Waals surface area (Å²) in [5.41, 5.74) is 9.28. The van der Waals surface area contributed by atoms with Crippen molar-refractivity contribution in [2.75, 3.05) is 0 Å². The lowest BCUT2D eigenvalue weighted by Crippen LogP contribution is -2.05. The smallest absolute Gasteiger partial charge is 0.151 e. The quantitative estimate of drug-likeness (QED) is 0.651. The third-order valence-corrected chi connectivity index (χ3v) is 3.90. The van der Waals surface area contributed by atoms with E-state index in [9.17, 15) is 0 Å². The molecule has 0 fully saturated rings. The molecule has 1 heterocycles. The van der Waals surface area contributed by atoms with Crippen LogP contribution >= 0.6 is 11.8 Å². The maximum atomic E-state index is 8.77. The summed E-state index contributed by atoms with van der Waals surface area (Å²) in [7, 11) is 0. The van der Waals surface area contributed by atoms with E-state index in [4.69, 9.17) is 16.4 Å². The first-order valence-electron chi connectivity index (χ1n) is 6.52. The Balaban J connectivity index is 2.49. The van der Waals surface area contributed by atoms with Gasteiger partial charge >= 0.3 is 0 Å². The lowest BCUT2D eigenvalue weighted by atomic mass is 9.95. The summed E-state index contributed by atoms with van der Waals surface area (Å²) in [5, 5.41) is 17.2. The number of allylic oxidation sites excluding steroid dienone is 1. The Hall–Kier alpha value is -2.32. The number of hydrogen-bond donors (Lipinski definition) is 2. The summed E-state index contributed by atoms with van der Waals surface area (Å²) in [6, 6.07) is 10.0. The van der Waals surface area contributed by atoms with Crippen LogP contribution in [0.1, 0.15) is 24.0 Å². The number of amidine groups is 1. The Kier molecular flexibility index (Phi) is 4.96. The third kappa shape index (κ3) is 3.61. The van der Waals surface area contributed by atoms with Crippen LogP contribution in [0.2, 0.25) is 0 Å². The second-order valence-electron chi connectivity index (χ2n) is 4.59. The van der Waals surface area contributed by atoms with Crippen molar-refractivity contribution in [2.24, 2.45) is 5.73 Å². The normalized spacial score (nSPS) is 10.2. The van der Waals surface area contributed by atoms with Crippen molar-refractivity contribution in [3.63, 3.8) is 0 Å². The minimum absolute atomic E-state index is 0.0803. The molecule has 21 heavy (non-hydrogen) atoms. The molecule has 0 unspecified atom stereocenters. The average molecular weight is 296 g/mol. The number of thioether (sulfide) groups is 1. The van der Waals surface area contributed by atoms with Gasteiger partial charge in [0.2, 0.25) is 0 Å². The largest absolute Gasteiger partial charge is 0.379 e. The van der Waals surface area contributed by atoms with E-state index >= 15 is 0 Å². The van der Waals surface area contributed by atoms with E-state index in [1.54, 1.807) is 0 Å². The highest BCUT2D eigenvalue weighted by Crippen LogP contribution is 2.31. The number of aromatic nitrogens is 1. The molecule has 4 nitrogen and oxygen atoms in total. The van der Waals surface area contributed by atoms with Crippen molar-refractivity contribution in [3.05, 3.63) is 48.2 Å². The molecule has 0 saturated carbocycles. The summed E-state index contributed by atoms with van der Waals surface area (Å²) < 4.78 is 0. The van der Waals surface area contributed by atoms with Crippen molar-refractivity contribution < 1.29 is 0 Å². The van der Waals surface area contributed by atoms with Crippen molar-refractivity contribution in [1.82, 2.24) is 4.98 Å². The zero-order valence-corrected chi connectivity index (χ0v) is 12.4. The molecule has 0 spiro atoms. The number of fused-ring (bicyclic) bond motifs is 1. The molecule has 3 N–H and O–H groups in total. The van der Waals surface area contributed by atoms with Gasteiger partial charge < -0.3 is 5.73 Å². The van der Waals surface area contributed by atoms with Gasteiger partial charge in [0, 0.05) is 23.8 Å². The Morgan fingerprint density at radius 2 is 2.19 bits per heavy atom. The van der Waals surface area contributed by atoms with Crippen LogP contribution < -0.4 is 5.73 Å². The second kappa shape index (κ2) is 6.91. The number of hydrogen-bond acceptors (Lipinski definition) is 4. The van der Waals surface area contributed by atoms with Gasteiger partial charge in [0.25, 0.3) is 0 Å². The molecule has 0 aliphatic rings. The molecule has 0 aliphatic heterocycles. The maximum absolute atomic E-state index is 8.77. The van der Waals surface area contributed by atoms with Crippen molar-refractivity contribution in [3.8, 4) is 6.07 Å². The fourth-order valence-corrected chi connectivity index (χ4v) is 2.73. The van der Waals surface area contributed by atoms with Crippen LogP contribution in [-0.4, -0.2) is 10.2 Å². The summed E-state index contributed by atoms with van der Waals surface area (Å²) >= 11 is 1.26. The lowest BCUT2D eigenvalue weighted by molar-refractivity contribution is 1.08. The minimum atomic E-state index is 0.0803. The number of pyridine rings is 1. The van der Waals surface area contributed by atoms with Gasteiger partial charge in [-0.25, -0.2) is 0 Å². The first-order valence-corrected chi connectivity index (χ1v) is 7.50. The fourth-order valence-electron chi connectivity index (χ4n) is 2.20. The average Bonchev–Trinajstić information content (AvgIpc) is 2.49. The monoisotopic (exact) mass is 296 g/mol. The van der Waals surface area contributed by atoms with Crippen molar-refractivity contribution in [2.45, 2.75) is 18.6 Å². The zero-order chi connectivity index (χ0) is 15.2. The van der Waals surface area contributed by atoms with Gasteiger partial charge in [-0.05, 0) is 29.2 Å². The van der Waals surface area contributed by atoms with Gasteiger partial charge in [0.05, 0.1) is 11.6 Å². The van der Waals surface area contributed by atoms with Crippen molar-refractivity contribution >= 4 is 33.4 Å². The molecule has 0 aliphatic carbocycles. The second-order valence-corrected chi connectivity index (χ2v) is 5.61. The Morgan fingerprint density at radius 3 is 2.90 bits per heavy atom. The van der Waals surface area contributed by atoms with E-state index in [0.29, 0.717) is 18.6 Å². The molecule has 0 amide bonds. The van der Waals surface area contributed by atoms with Gasteiger partial charge in [0.15, 0.2) is 5.17 Å². The SMILES string of the molecule is C=C(CCC#N)c1c(CSC(=N)N)cnc2ccccc12. The molecule has 2 rings (SSSR count). The number of nitrogens with zero attached hydrogens (tertiary/aromatic N) is 2. The highest BCUT2D eigenvalue weighted by atomic mass is 32.2. The number of para-hydroxylation sites is 1. The maximum Gasteiger partial charge on any atom is 0.151 e. The summed E-state index contributed by atoms with van der Waals surface area (Å²) in [6.45, 7) is 4.13. The molecule has 106 valence electrons. The number of nitrogens with one attached hydrogen (secondary N) is 1. The van der Waals surface area contributed by atoms with Gasteiger partial charge in [-0.1, -0.05) is 36.5 Å². The van der Waals surface area contributed by atoms with Gasteiger partial charge in [-0.15, -0.1) is 0 Å². The van der Waals surface area contributed by atoms with Crippen LogP contribution in [0.4, 0.5) is 0 Å². The molecular formula is C16H16N4S. The number of nitrogens with two attached hydrogens (primary N) is 1.